The largest absolute Gasteiger partial charge is 0.379 e. The highest BCUT2D eigenvalue weighted by atomic mass is 16.5. The molecule has 4 heteroatoms. The van der Waals surface area contributed by atoms with Crippen molar-refractivity contribution in [2.75, 3.05) is 6.61 Å². The van der Waals surface area contributed by atoms with Gasteiger partial charge in [0.25, 0.3) is 0 Å². The quantitative estimate of drug-likeness (QED) is 0.819. The van der Waals surface area contributed by atoms with Gasteiger partial charge in [-0.25, -0.2) is 0 Å². The molecule has 1 aromatic rings. The normalized spacial score (nSPS) is 27.9. The molecule has 1 aliphatic heterocycles. The number of hydrogen-bond donors (Lipinski definition) is 1. The summed E-state index contributed by atoms with van der Waals surface area (Å²) in [5.41, 5.74) is -0.942. The predicted molar refractivity (Wildman–Crippen MR) is 88.3 cm³/mol. The molecule has 4 nitrogen and oxygen atoms in total. The first-order valence-corrected chi connectivity index (χ1v) is 8.26. The summed E-state index contributed by atoms with van der Waals surface area (Å²) in [6.07, 6.45) is 1.55. The van der Waals surface area contributed by atoms with E-state index in [0.29, 0.717) is 17.9 Å². The van der Waals surface area contributed by atoms with Gasteiger partial charge in [-0.15, -0.1) is 0 Å². The van der Waals surface area contributed by atoms with Crippen molar-refractivity contribution in [2.24, 2.45) is 11.8 Å². The molecule has 3 atom stereocenters. The molecule has 0 aliphatic carbocycles. The zero-order valence-corrected chi connectivity index (χ0v) is 14.1. The third-order valence-corrected chi connectivity index (χ3v) is 4.63. The van der Waals surface area contributed by atoms with E-state index in [1.54, 1.807) is 12.1 Å². The first kappa shape index (κ1) is 17.8. The molecule has 2 rings (SSSR count). The van der Waals surface area contributed by atoms with Gasteiger partial charge in [0.15, 0.2) is 11.6 Å². The molecule has 1 heterocycles. The average Bonchev–Trinajstić information content (AvgIpc) is 2.51. The van der Waals surface area contributed by atoms with Gasteiger partial charge in [0.05, 0.1) is 12.7 Å². The van der Waals surface area contributed by atoms with Crippen LogP contribution in [0.5, 0.6) is 0 Å². The van der Waals surface area contributed by atoms with Crippen molar-refractivity contribution < 1.29 is 19.4 Å². The molecular weight excluding hydrogens is 292 g/mol. The number of aliphatic hydroxyl groups is 1. The van der Waals surface area contributed by atoms with Crippen LogP contribution < -0.4 is 0 Å². The summed E-state index contributed by atoms with van der Waals surface area (Å²) >= 11 is 0. The standard InChI is InChI=1S/C19H26O4/c1-13(2)9-17-10-16(19(22,12-23-17)14(3)20)11-18(21)15-7-5-4-6-8-15/h4-8,13,16-17,22H,9-12H2,1-3H3/t16-,17-,19+/m0/s1. The molecule has 1 N–H and O–H groups in total. The fourth-order valence-electron chi connectivity index (χ4n) is 3.24. The first-order valence-electron chi connectivity index (χ1n) is 8.26. The van der Waals surface area contributed by atoms with Crippen LogP contribution in [0.25, 0.3) is 0 Å². The van der Waals surface area contributed by atoms with Crippen molar-refractivity contribution in [1.29, 1.82) is 0 Å². The maximum Gasteiger partial charge on any atom is 0.163 e. The van der Waals surface area contributed by atoms with Crippen LogP contribution in [0.2, 0.25) is 0 Å². The number of rotatable bonds is 6. The van der Waals surface area contributed by atoms with Crippen LogP contribution in [0.3, 0.4) is 0 Å². The van der Waals surface area contributed by atoms with Crippen molar-refractivity contribution in [3.63, 3.8) is 0 Å². The third kappa shape index (κ3) is 4.27. The molecule has 0 aromatic heterocycles. The van der Waals surface area contributed by atoms with E-state index < -0.39 is 11.5 Å². The van der Waals surface area contributed by atoms with Gasteiger partial charge in [-0.1, -0.05) is 44.2 Å². The zero-order chi connectivity index (χ0) is 17.0. The van der Waals surface area contributed by atoms with Crippen LogP contribution in [0, 0.1) is 11.8 Å². The van der Waals surface area contributed by atoms with Crippen molar-refractivity contribution in [3.8, 4) is 0 Å². The van der Waals surface area contributed by atoms with Gasteiger partial charge < -0.3 is 9.84 Å². The summed E-state index contributed by atoms with van der Waals surface area (Å²) in [5.74, 6) is -0.300. The Labute approximate surface area is 137 Å². The van der Waals surface area contributed by atoms with E-state index in [-0.39, 0.29) is 30.7 Å². The predicted octanol–water partition coefficient (Wildman–Crippen LogP) is 3.03. The summed E-state index contributed by atoms with van der Waals surface area (Å²) < 4.78 is 5.70. The molecular formula is C19H26O4. The topological polar surface area (TPSA) is 63.6 Å². The molecule has 0 radical (unpaired) electrons. The number of ether oxygens (including phenoxy) is 1. The van der Waals surface area contributed by atoms with Crippen molar-refractivity contribution >= 4 is 11.6 Å². The van der Waals surface area contributed by atoms with Crippen molar-refractivity contribution in [2.45, 2.75) is 51.7 Å². The Morgan fingerprint density at radius 2 is 1.96 bits per heavy atom. The Hall–Kier alpha value is -1.52. The van der Waals surface area contributed by atoms with E-state index in [0.717, 1.165) is 6.42 Å². The van der Waals surface area contributed by atoms with E-state index in [2.05, 4.69) is 13.8 Å². The summed E-state index contributed by atoms with van der Waals surface area (Å²) in [4.78, 5) is 24.4. The van der Waals surface area contributed by atoms with E-state index in [4.69, 9.17) is 4.74 Å². The Morgan fingerprint density at radius 3 is 2.52 bits per heavy atom. The average molecular weight is 318 g/mol. The Morgan fingerprint density at radius 1 is 1.30 bits per heavy atom. The molecule has 126 valence electrons. The van der Waals surface area contributed by atoms with Gasteiger partial charge in [-0.3, -0.25) is 9.59 Å². The number of carbonyl (C=O) groups is 2. The minimum atomic E-state index is -1.56. The molecule has 0 bridgehead atoms. The monoisotopic (exact) mass is 318 g/mol. The molecule has 1 fully saturated rings. The Kier molecular flexibility index (Phi) is 5.71. The fraction of sp³-hybridized carbons (Fsp3) is 0.579. The lowest BCUT2D eigenvalue weighted by atomic mass is 9.75. The zero-order valence-electron chi connectivity index (χ0n) is 14.1. The summed E-state index contributed by atoms with van der Waals surface area (Å²) in [5, 5.41) is 10.7. The van der Waals surface area contributed by atoms with Gasteiger partial charge >= 0.3 is 0 Å². The lowest BCUT2D eigenvalue weighted by Crippen LogP contribution is -2.54. The number of hydrogen-bond acceptors (Lipinski definition) is 4. The molecule has 0 amide bonds. The van der Waals surface area contributed by atoms with Gasteiger partial charge in [0, 0.05) is 17.9 Å². The molecule has 1 aromatic carbocycles. The second kappa shape index (κ2) is 7.37. The van der Waals surface area contributed by atoms with Crippen LogP contribution in [0.15, 0.2) is 30.3 Å². The molecule has 1 saturated heterocycles. The lowest BCUT2D eigenvalue weighted by molar-refractivity contribution is -0.174. The molecule has 0 saturated carbocycles. The Balaban J connectivity index is 2.15. The minimum Gasteiger partial charge on any atom is -0.379 e. The van der Waals surface area contributed by atoms with E-state index >= 15 is 0 Å². The SMILES string of the molecule is CC(=O)[C@]1(O)CO[C@@H](CC(C)C)C[C@H]1CC(=O)c1ccccc1. The summed E-state index contributed by atoms with van der Waals surface area (Å²) in [6.45, 7) is 5.57. The van der Waals surface area contributed by atoms with Crippen LogP contribution in [0.1, 0.15) is 50.4 Å². The first-order chi connectivity index (χ1) is 10.8. The number of Topliss-reactive ketones (excluding diaryl/α,β-unsaturated/α-hetero) is 2. The summed E-state index contributed by atoms with van der Waals surface area (Å²) in [7, 11) is 0. The second-order valence-corrected chi connectivity index (χ2v) is 6.97. The van der Waals surface area contributed by atoms with Crippen molar-refractivity contribution in [1.82, 2.24) is 0 Å². The Bertz CT molecular complexity index is 552. The second-order valence-electron chi connectivity index (χ2n) is 6.97. The van der Waals surface area contributed by atoms with E-state index in [1.807, 2.05) is 18.2 Å². The van der Waals surface area contributed by atoms with Gasteiger partial charge in [0.2, 0.25) is 0 Å². The summed E-state index contributed by atoms with van der Waals surface area (Å²) in [6, 6.07) is 9.02. The molecule has 0 spiro atoms. The van der Waals surface area contributed by atoms with Crippen LogP contribution in [0.4, 0.5) is 0 Å². The van der Waals surface area contributed by atoms with Crippen LogP contribution >= 0.6 is 0 Å². The van der Waals surface area contributed by atoms with E-state index in [9.17, 15) is 14.7 Å². The van der Waals surface area contributed by atoms with E-state index in [1.165, 1.54) is 6.92 Å². The maximum atomic E-state index is 12.5. The molecule has 1 aliphatic rings. The highest BCUT2D eigenvalue weighted by molar-refractivity contribution is 5.97. The van der Waals surface area contributed by atoms with Gasteiger partial charge in [-0.05, 0) is 25.7 Å². The molecule has 0 unspecified atom stereocenters. The lowest BCUT2D eigenvalue weighted by Gasteiger charge is -2.41. The van der Waals surface area contributed by atoms with Gasteiger partial charge in [0.1, 0.15) is 5.60 Å². The number of carbonyl (C=O) groups excluding carboxylic acids is 2. The third-order valence-electron chi connectivity index (χ3n) is 4.63. The highest BCUT2D eigenvalue weighted by Crippen LogP contribution is 2.35. The van der Waals surface area contributed by atoms with Gasteiger partial charge in [-0.2, -0.15) is 0 Å². The molecule has 23 heavy (non-hydrogen) atoms. The highest BCUT2D eigenvalue weighted by Gasteiger charge is 2.47. The number of benzene rings is 1. The smallest absolute Gasteiger partial charge is 0.163 e. The minimum absolute atomic E-state index is 0.0109. The van der Waals surface area contributed by atoms with Crippen LogP contribution in [-0.4, -0.2) is 35.0 Å². The number of ketones is 2. The van der Waals surface area contributed by atoms with Crippen LogP contribution in [-0.2, 0) is 9.53 Å². The van der Waals surface area contributed by atoms with Crippen molar-refractivity contribution in [3.05, 3.63) is 35.9 Å². The fourth-order valence-corrected chi connectivity index (χ4v) is 3.24. The maximum absolute atomic E-state index is 12.5.